The molecule has 0 unspecified atom stereocenters. The molecule has 1 aliphatic carbocycles. The van der Waals surface area contributed by atoms with Gasteiger partial charge in [-0.1, -0.05) is 19.1 Å². The minimum atomic E-state index is -0.254. The number of ether oxygens (including phenoxy) is 2. The van der Waals surface area contributed by atoms with Crippen LogP contribution in [0.15, 0.2) is 23.3 Å². The Morgan fingerprint density at radius 3 is 2.83 bits per heavy atom. The second-order valence-corrected chi connectivity index (χ2v) is 8.55. The van der Waals surface area contributed by atoms with Gasteiger partial charge in [0.2, 0.25) is 0 Å². The Morgan fingerprint density at radius 2 is 2.13 bits per heavy atom. The molecule has 1 spiro atoms. The molecule has 1 amide bonds. The third-order valence-electron chi connectivity index (χ3n) is 6.55. The molecule has 0 bridgehead atoms. The first-order chi connectivity index (χ1) is 14.5. The van der Waals surface area contributed by atoms with Gasteiger partial charge < -0.3 is 14.8 Å². The number of aromatic nitrogens is 2. The summed E-state index contributed by atoms with van der Waals surface area (Å²) >= 11 is 0. The summed E-state index contributed by atoms with van der Waals surface area (Å²) in [5.41, 5.74) is 4.31. The highest BCUT2D eigenvalue weighted by molar-refractivity contribution is 5.97. The lowest BCUT2D eigenvalue weighted by Crippen LogP contribution is -2.40. The lowest BCUT2D eigenvalue weighted by molar-refractivity contribution is -0.138. The molecule has 0 atom stereocenters. The monoisotopic (exact) mass is 413 g/mol. The van der Waals surface area contributed by atoms with Crippen LogP contribution in [-0.4, -0.2) is 48.0 Å². The Balaban J connectivity index is 1.45. The largest absolute Gasteiger partial charge is 0.462 e. The highest BCUT2D eigenvalue weighted by atomic mass is 16.5. The number of nitrogens with zero attached hydrogens (tertiary/aromatic N) is 2. The number of allylic oxidation sites excluding steroid dienone is 2. The SMILES string of the molecule is CCc1nn(CCCOC(=O)C2=CCC=C2C)c2c1C(=O)NCC1(CCOCC1)C2. The van der Waals surface area contributed by atoms with Crippen molar-refractivity contribution >= 4 is 11.9 Å². The van der Waals surface area contributed by atoms with Crippen LogP contribution in [0.4, 0.5) is 0 Å². The van der Waals surface area contributed by atoms with E-state index in [1.165, 1.54) is 0 Å². The van der Waals surface area contributed by atoms with E-state index in [0.717, 1.165) is 61.4 Å². The summed E-state index contributed by atoms with van der Waals surface area (Å²) in [5.74, 6) is -0.270. The van der Waals surface area contributed by atoms with E-state index in [0.29, 0.717) is 38.1 Å². The summed E-state index contributed by atoms with van der Waals surface area (Å²) < 4.78 is 13.0. The maximum atomic E-state index is 12.8. The van der Waals surface area contributed by atoms with Crippen molar-refractivity contribution in [2.75, 3.05) is 26.4 Å². The molecule has 3 aliphatic rings. The number of amides is 1. The summed E-state index contributed by atoms with van der Waals surface area (Å²) in [4.78, 5) is 25.1. The van der Waals surface area contributed by atoms with Crippen LogP contribution in [0.3, 0.4) is 0 Å². The third kappa shape index (κ3) is 4.08. The van der Waals surface area contributed by atoms with Gasteiger partial charge in [0.1, 0.15) is 0 Å². The van der Waals surface area contributed by atoms with E-state index >= 15 is 0 Å². The number of carbonyl (C=O) groups excluding carboxylic acids is 2. The van der Waals surface area contributed by atoms with Gasteiger partial charge in [0.15, 0.2) is 0 Å². The zero-order chi connectivity index (χ0) is 21.1. The van der Waals surface area contributed by atoms with Gasteiger partial charge in [0.25, 0.3) is 5.91 Å². The molecule has 1 aromatic rings. The topological polar surface area (TPSA) is 82.5 Å². The smallest absolute Gasteiger partial charge is 0.338 e. The van der Waals surface area contributed by atoms with Gasteiger partial charge in [-0.15, -0.1) is 0 Å². The molecule has 4 rings (SSSR count). The summed E-state index contributed by atoms with van der Waals surface area (Å²) in [5, 5.41) is 7.89. The van der Waals surface area contributed by atoms with Crippen LogP contribution >= 0.6 is 0 Å². The Bertz CT molecular complexity index is 891. The van der Waals surface area contributed by atoms with Crippen LogP contribution in [0.2, 0.25) is 0 Å². The molecule has 7 heteroatoms. The predicted octanol–water partition coefficient (Wildman–Crippen LogP) is 2.74. The van der Waals surface area contributed by atoms with Crippen molar-refractivity contribution in [1.82, 2.24) is 15.1 Å². The summed E-state index contributed by atoms with van der Waals surface area (Å²) in [6.07, 6.45) is 8.82. The molecule has 2 aliphatic heterocycles. The van der Waals surface area contributed by atoms with Crippen molar-refractivity contribution in [2.24, 2.45) is 5.41 Å². The van der Waals surface area contributed by atoms with Gasteiger partial charge in [-0.25, -0.2) is 4.79 Å². The molecule has 3 heterocycles. The normalized spacial score (nSPS) is 20.3. The first-order valence-electron chi connectivity index (χ1n) is 11.0. The van der Waals surface area contributed by atoms with Crippen molar-refractivity contribution < 1.29 is 19.1 Å². The Kier molecular flexibility index (Phi) is 6.09. The minimum Gasteiger partial charge on any atom is -0.462 e. The molecule has 1 fully saturated rings. The molecule has 0 aromatic carbocycles. The van der Waals surface area contributed by atoms with E-state index in [-0.39, 0.29) is 17.3 Å². The van der Waals surface area contributed by atoms with Crippen molar-refractivity contribution in [3.05, 3.63) is 40.2 Å². The van der Waals surface area contributed by atoms with Crippen LogP contribution in [0.25, 0.3) is 0 Å². The number of carbonyl (C=O) groups is 2. The average molecular weight is 414 g/mol. The number of esters is 1. The highest BCUT2D eigenvalue weighted by Gasteiger charge is 2.39. The fraction of sp³-hybridized carbons (Fsp3) is 0.609. The van der Waals surface area contributed by atoms with Gasteiger partial charge in [0, 0.05) is 32.7 Å². The van der Waals surface area contributed by atoms with Gasteiger partial charge in [-0.05, 0) is 50.0 Å². The number of rotatable bonds is 6. The van der Waals surface area contributed by atoms with Gasteiger partial charge in [0.05, 0.1) is 29.1 Å². The summed E-state index contributed by atoms with van der Waals surface area (Å²) in [6, 6.07) is 0. The molecule has 30 heavy (non-hydrogen) atoms. The van der Waals surface area contributed by atoms with Gasteiger partial charge in [-0.3, -0.25) is 9.48 Å². The molecule has 7 nitrogen and oxygen atoms in total. The zero-order valence-corrected chi connectivity index (χ0v) is 18.0. The first-order valence-corrected chi connectivity index (χ1v) is 11.0. The van der Waals surface area contributed by atoms with Crippen LogP contribution in [0.5, 0.6) is 0 Å². The molecular weight excluding hydrogens is 382 g/mol. The zero-order valence-electron chi connectivity index (χ0n) is 18.0. The van der Waals surface area contributed by atoms with E-state index in [1.54, 1.807) is 0 Å². The summed E-state index contributed by atoms with van der Waals surface area (Å²) in [7, 11) is 0. The van der Waals surface area contributed by atoms with Crippen molar-refractivity contribution in [3.8, 4) is 0 Å². The minimum absolute atomic E-state index is 0.0154. The number of hydrogen-bond acceptors (Lipinski definition) is 5. The second kappa shape index (κ2) is 8.76. The standard InChI is InChI=1S/C23H31N3O4/c1-3-18-20-19(14-23(15-24-21(20)27)8-12-29-13-9-23)26(25-18)10-5-11-30-22(28)17-7-4-6-16(17)2/h6-7H,3-5,8-15H2,1-2H3,(H,24,27). The number of aryl methyl sites for hydroxylation is 2. The van der Waals surface area contributed by atoms with Crippen molar-refractivity contribution in [2.45, 2.75) is 58.9 Å². The predicted molar refractivity (Wildman–Crippen MR) is 112 cm³/mol. The maximum Gasteiger partial charge on any atom is 0.338 e. The molecule has 0 saturated carbocycles. The fourth-order valence-corrected chi connectivity index (χ4v) is 4.68. The van der Waals surface area contributed by atoms with E-state index in [9.17, 15) is 9.59 Å². The lowest BCUT2D eigenvalue weighted by atomic mass is 9.76. The lowest BCUT2D eigenvalue weighted by Gasteiger charge is -2.36. The van der Waals surface area contributed by atoms with Crippen molar-refractivity contribution in [3.63, 3.8) is 0 Å². The van der Waals surface area contributed by atoms with E-state index in [2.05, 4.69) is 5.32 Å². The molecule has 1 aromatic heterocycles. The van der Waals surface area contributed by atoms with Crippen LogP contribution < -0.4 is 5.32 Å². The van der Waals surface area contributed by atoms with E-state index in [1.807, 2.05) is 30.7 Å². The summed E-state index contributed by atoms with van der Waals surface area (Å²) in [6.45, 7) is 7.09. The Labute approximate surface area is 177 Å². The maximum absolute atomic E-state index is 12.8. The van der Waals surface area contributed by atoms with Crippen molar-refractivity contribution in [1.29, 1.82) is 0 Å². The highest BCUT2D eigenvalue weighted by Crippen LogP contribution is 2.37. The van der Waals surface area contributed by atoms with E-state index in [4.69, 9.17) is 14.6 Å². The second-order valence-electron chi connectivity index (χ2n) is 8.55. The van der Waals surface area contributed by atoms with E-state index < -0.39 is 0 Å². The fourth-order valence-electron chi connectivity index (χ4n) is 4.68. The quantitative estimate of drug-likeness (QED) is 0.573. The molecule has 162 valence electrons. The van der Waals surface area contributed by atoms with Gasteiger partial charge >= 0.3 is 5.97 Å². The third-order valence-corrected chi connectivity index (χ3v) is 6.55. The molecule has 1 saturated heterocycles. The van der Waals surface area contributed by atoms with Crippen LogP contribution in [0, 0.1) is 5.41 Å². The average Bonchev–Trinajstić information content (AvgIpc) is 3.29. The molecule has 1 N–H and O–H groups in total. The van der Waals surface area contributed by atoms with Crippen LogP contribution in [-0.2, 0) is 33.7 Å². The number of nitrogens with one attached hydrogen (secondary N) is 1. The molecule has 0 radical (unpaired) electrons. The number of hydrogen-bond donors (Lipinski definition) is 1. The Hall–Kier alpha value is -2.41. The molecular formula is C23H31N3O4. The van der Waals surface area contributed by atoms with Gasteiger partial charge in [-0.2, -0.15) is 5.10 Å². The first kappa shape index (κ1) is 20.8. The Morgan fingerprint density at radius 1 is 1.33 bits per heavy atom. The number of fused-ring (bicyclic) bond motifs is 1. The van der Waals surface area contributed by atoms with Crippen LogP contribution in [0.1, 0.15) is 61.3 Å².